The monoisotopic (exact) mass is 666 g/mol. The normalized spacial score (nSPS) is 13.8. The molecule has 0 N–H and O–H groups in total. The minimum absolute atomic E-state index is 0.364. The van der Waals surface area contributed by atoms with Gasteiger partial charge in [0, 0.05) is 0 Å². The number of rotatable bonds is 1. The third-order valence-corrected chi connectivity index (χ3v) is 12.8. The van der Waals surface area contributed by atoms with E-state index in [-0.39, 0.29) is 5.41 Å². The maximum atomic E-state index is 2.58. The number of benzene rings is 10. The molecule has 0 heteroatoms. The van der Waals surface area contributed by atoms with Crippen molar-refractivity contribution in [1.29, 1.82) is 0 Å². The standard InChI is InChI=1S/C53H30/c1-2-13-35-32(12-1)28-43(37-15-4-3-14-36(35)37)33-25-24-31-27-45-44(29-34(31)26-33)40-19-11-20-42-51(40)46(45)30-50-52(42)41-18-7-10-23-49(41)53(50)47-21-8-5-16-38(47)39-17-6-9-22-48(39)53/h1-30H. The molecule has 0 bridgehead atoms. The average Bonchev–Trinajstić information content (AvgIpc) is 3.82. The van der Waals surface area contributed by atoms with Crippen LogP contribution in [0.1, 0.15) is 22.3 Å². The fourth-order valence-electron chi connectivity index (χ4n) is 10.7. The molecule has 10 aromatic rings. The van der Waals surface area contributed by atoms with Crippen molar-refractivity contribution < 1.29 is 0 Å². The van der Waals surface area contributed by atoms with Crippen LogP contribution >= 0.6 is 0 Å². The van der Waals surface area contributed by atoms with Gasteiger partial charge >= 0.3 is 0 Å². The Morgan fingerprint density at radius 1 is 0.264 bits per heavy atom. The van der Waals surface area contributed by atoms with Crippen LogP contribution < -0.4 is 0 Å². The van der Waals surface area contributed by atoms with Gasteiger partial charge < -0.3 is 0 Å². The summed E-state index contributed by atoms with van der Waals surface area (Å²) in [5, 5.41) is 10.5. The summed E-state index contributed by atoms with van der Waals surface area (Å²) < 4.78 is 0. The highest BCUT2D eigenvalue weighted by Crippen LogP contribution is 2.65. The van der Waals surface area contributed by atoms with Crippen LogP contribution in [0.25, 0.3) is 98.7 Å². The molecular formula is C53H30. The van der Waals surface area contributed by atoms with Gasteiger partial charge in [-0.2, -0.15) is 0 Å². The Morgan fingerprint density at radius 3 is 1.62 bits per heavy atom. The van der Waals surface area contributed by atoms with Crippen LogP contribution in [0.5, 0.6) is 0 Å². The first-order valence-electron chi connectivity index (χ1n) is 18.7. The lowest BCUT2D eigenvalue weighted by Gasteiger charge is -2.30. The van der Waals surface area contributed by atoms with E-state index in [1.807, 2.05) is 0 Å². The second-order valence-electron chi connectivity index (χ2n) is 15.1. The van der Waals surface area contributed by atoms with Gasteiger partial charge in [0.1, 0.15) is 0 Å². The predicted molar refractivity (Wildman–Crippen MR) is 223 cm³/mol. The molecule has 0 heterocycles. The van der Waals surface area contributed by atoms with E-state index in [2.05, 4.69) is 182 Å². The molecule has 0 unspecified atom stereocenters. The zero-order valence-corrected chi connectivity index (χ0v) is 28.8. The van der Waals surface area contributed by atoms with Crippen LogP contribution in [0, 0.1) is 0 Å². The molecule has 3 aliphatic rings. The molecule has 0 saturated carbocycles. The van der Waals surface area contributed by atoms with Gasteiger partial charge in [0.2, 0.25) is 0 Å². The van der Waals surface area contributed by atoms with Crippen LogP contribution in [0.2, 0.25) is 0 Å². The van der Waals surface area contributed by atoms with Crippen LogP contribution in [0.3, 0.4) is 0 Å². The largest absolute Gasteiger partial charge is 0.0725 e. The van der Waals surface area contributed by atoms with Gasteiger partial charge in [-0.15, -0.1) is 0 Å². The fraction of sp³-hybridized carbons (Fsp3) is 0.0189. The van der Waals surface area contributed by atoms with Gasteiger partial charge in [0.15, 0.2) is 0 Å². The molecule has 0 atom stereocenters. The zero-order valence-electron chi connectivity index (χ0n) is 28.8. The predicted octanol–water partition coefficient (Wildman–Crippen LogP) is 14.0. The highest BCUT2D eigenvalue weighted by Gasteiger charge is 2.52. The van der Waals surface area contributed by atoms with Crippen molar-refractivity contribution in [3.05, 3.63) is 204 Å². The summed E-state index contributed by atoms with van der Waals surface area (Å²) in [6.45, 7) is 0. The number of hydrogen-bond acceptors (Lipinski definition) is 0. The van der Waals surface area contributed by atoms with Crippen molar-refractivity contribution in [3.63, 3.8) is 0 Å². The Hall–Kier alpha value is -6.76. The summed E-state index contributed by atoms with van der Waals surface area (Å²) in [5.74, 6) is 0. The lowest BCUT2D eigenvalue weighted by atomic mass is 9.70. The second kappa shape index (κ2) is 9.76. The van der Waals surface area contributed by atoms with Crippen LogP contribution in [0.15, 0.2) is 182 Å². The Kier molecular flexibility index (Phi) is 5.14. The molecule has 0 nitrogen and oxygen atoms in total. The van der Waals surface area contributed by atoms with Crippen molar-refractivity contribution in [2.45, 2.75) is 5.41 Å². The molecule has 10 aromatic carbocycles. The minimum atomic E-state index is -0.364. The molecule has 3 aliphatic carbocycles. The smallest absolute Gasteiger partial charge is 0.0619 e. The van der Waals surface area contributed by atoms with Crippen molar-refractivity contribution in [2.24, 2.45) is 0 Å². The summed E-state index contributed by atoms with van der Waals surface area (Å²) in [4.78, 5) is 0. The first kappa shape index (κ1) is 27.9. The third-order valence-electron chi connectivity index (χ3n) is 12.8. The van der Waals surface area contributed by atoms with E-state index in [1.54, 1.807) is 0 Å². The second-order valence-corrected chi connectivity index (χ2v) is 15.1. The molecule has 13 rings (SSSR count). The van der Waals surface area contributed by atoms with Gasteiger partial charge in [-0.25, -0.2) is 0 Å². The summed E-state index contributed by atoms with van der Waals surface area (Å²) in [7, 11) is 0. The molecule has 0 amide bonds. The summed E-state index contributed by atoms with van der Waals surface area (Å²) in [6.07, 6.45) is 0. The first-order valence-corrected chi connectivity index (χ1v) is 18.7. The van der Waals surface area contributed by atoms with Crippen molar-refractivity contribution in [2.75, 3.05) is 0 Å². The van der Waals surface area contributed by atoms with Crippen molar-refractivity contribution >= 4 is 43.1 Å². The molecule has 0 aliphatic heterocycles. The van der Waals surface area contributed by atoms with Crippen molar-refractivity contribution in [1.82, 2.24) is 0 Å². The average molecular weight is 667 g/mol. The van der Waals surface area contributed by atoms with E-state index in [0.717, 1.165) is 0 Å². The Balaban J connectivity index is 1.08. The van der Waals surface area contributed by atoms with Gasteiger partial charge in [-0.3, -0.25) is 0 Å². The van der Waals surface area contributed by atoms with Gasteiger partial charge in [-0.05, 0) is 151 Å². The van der Waals surface area contributed by atoms with Crippen LogP contribution in [-0.2, 0) is 5.41 Å². The molecular weight excluding hydrogens is 637 g/mol. The van der Waals surface area contributed by atoms with E-state index in [9.17, 15) is 0 Å². The van der Waals surface area contributed by atoms with Crippen LogP contribution in [-0.4, -0.2) is 0 Å². The molecule has 0 radical (unpaired) electrons. The molecule has 1 spiro atoms. The van der Waals surface area contributed by atoms with Crippen LogP contribution in [0.4, 0.5) is 0 Å². The van der Waals surface area contributed by atoms with Gasteiger partial charge in [0.25, 0.3) is 0 Å². The highest BCUT2D eigenvalue weighted by molar-refractivity contribution is 6.23. The van der Waals surface area contributed by atoms with Gasteiger partial charge in [0.05, 0.1) is 5.41 Å². The SMILES string of the molecule is c1ccc2c(c1)-c1ccccc1C21c2ccccc2-c2c1cc1c3c(cccc23)-c2cc3cc(-c4cc5ccccc5c5ccccc45)ccc3cc2-1. The maximum Gasteiger partial charge on any atom is 0.0725 e. The quantitative estimate of drug-likeness (QED) is 0.153. The summed E-state index contributed by atoms with van der Waals surface area (Å²) in [6, 6.07) is 68.9. The number of fused-ring (bicyclic) bond motifs is 18. The Labute approximate surface area is 307 Å². The molecule has 242 valence electrons. The van der Waals surface area contributed by atoms with Gasteiger partial charge in [-0.1, -0.05) is 152 Å². The lowest BCUT2D eigenvalue weighted by Crippen LogP contribution is -2.25. The zero-order chi connectivity index (χ0) is 34.4. The number of hydrogen-bond donors (Lipinski definition) is 0. The van der Waals surface area contributed by atoms with E-state index in [1.165, 1.54) is 121 Å². The maximum absolute atomic E-state index is 2.58. The van der Waals surface area contributed by atoms with E-state index < -0.39 is 0 Å². The minimum Gasteiger partial charge on any atom is -0.0619 e. The topological polar surface area (TPSA) is 0 Å². The Morgan fingerprint density at radius 2 is 0.830 bits per heavy atom. The summed E-state index contributed by atoms with van der Waals surface area (Å²) >= 11 is 0. The van der Waals surface area contributed by atoms with E-state index >= 15 is 0 Å². The summed E-state index contributed by atoms with van der Waals surface area (Å²) in [5.41, 5.74) is 18.5. The fourth-order valence-corrected chi connectivity index (χ4v) is 10.7. The molecule has 0 saturated heterocycles. The molecule has 0 aromatic heterocycles. The molecule has 53 heavy (non-hydrogen) atoms. The Bertz CT molecular complexity index is 3240. The first-order chi connectivity index (χ1) is 26.3. The van der Waals surface area contributed by atoms with Crippen molar-refractivity contribution in [3.8, 4) is 55.6 Å². The highest BCUT2D eigenvalue weighted by atomic mass is 14.5. The third kappa shape index (κ3) is 3.34. The lowest BCUT2D eigenvalue weighted by molar-refractivity contribution is 0.795. The van der Waals surface area contributed by atoms with E-state index in [0.29, 0.717) is 0 Å². The molecule has 0 fully saturated rings. The van der Waals surface area contributed by atoms with E-state index in [4.69, 9.17) is 0 Å².